The van der Waals surface area contributed by atoms with Crippen LogP contribution in [-0.2, 0) is 21.9 Å². The average molecular weight is 431 g/mol. The lowest BCUT2D eigenvalue weighted by Gasteiger charge is -2.25. The number of hydrogen-bond donors (Lipinski definition) is 1. The highest BCUT2D eigenvalue weighted by molar-refractivity contribution is 7.92. The number of para-hydroxylation sites is 1. The summed E-state index contributed by atoms with van der Waals surface area (Å²) in [6.45, 7) is 1.38. The van der Waals surface area contributed by atoms with Crippen LogP contribution in [0, 0.1) is 12.7 Å². The highest BCUT2D eigenvalue weighted by atomic mass is 32.2. The zero-order chi connectivity index (χ0) is 21.9. The summed E-state index contributed by atoms with van der Waals surface area (Å²) in [5, 5.41) is 2.84. The van der Waals surface area contributed by atoms with Crippen LogP contribution in [0.15, 0.2) is 60.9 Å². The first-order valence-electron chi connectivity index (χ1n) is 9.22. The van der Waals surface area contributed by atoms with Gasteiger partial charge in [0.1, 0.15) is 24.2 Å². The van der Waals surface area contributed by atoms with Gasteiger partial charge in [0, 0.05) is 19.4 Å². The van der Waals surface area contributed by atoms with Gasteiger partial charge in [0.15, 0.2) is 0 Å². The highest BCUT2D eigenvalue weighted by Gasteiger charge is 2.26. The SMILES string of the molecule is Cc1ccccc1N(CC(=O)NC(c1ccc(F)cc1)c1nccn1C)S(C)(=O)=O. The third kappa shape index (κ3) is 4.85. The maximum Gasteiger partial charge on any atom is 0.241 e. The summed E-state index contributed by atoms with van der Waals surface area (Å²) in [6.07, 6.45) is 4.38. The third-order valence-corrected chi connectivity index (χ3v) is 5.82. The molecule has 0 aliphatic rings. The van der Waals surface area contributed by atoms with Gasteiger partial charge in [-0.05, 0) is 36.2 Å². The molecule has 9 heteroatoms. The number of hydrogen-bond acceptors (Lipinski definition) is 4. The molecule has 1 N–H and O–H groups in total. The van der Waals surface area contributed by atoms with Crippen LogP contribution in [0.1, 0.15) is 23.0 Å². The van der Waals surface area contributed by atoms with Crippen LogP contribution in [0.5, 0.6) is 0 Å². The van der Waals surface area contributed by atoms with E-state index in [9.17, 15) is 17.6 Å². The number of benzene rings is 2. The summed E-state index contributed by atoms with van der Waals surface area (Å²) in [5.41, 5.74) is 1.79. The Bertz CT molecular complexity index is 1140. The number of sulfonamides is 1. The smallest absolute Gasteiger partial charge is 0.241 e. The minimum atomic E-state index is -3.70. The Morgan fingerprint density at radius 1 is 1.20 bits per heavy atom. The molecule has 7 nitrogen and oxygen atoms in total. The van der Waals surface area contributed by atoms with E-state index in [-0.39, 0.29) is 0 Å². The number of imidazole rings is 1. The van der Waals surface area contributed by atoms with Gasteiger partial charge in [-0.3, -0.25) is 9.10 Å². The fraction of sp³-hybridized carbons (Fsp3) is 0.238. The molecule has 1 atom stereocenters. The van der Waals surface area contributed by atoms with Gasteiger partial charge in [-0.15, -0.1) is 0 Å². The van der Waals surface area contributed by atoms with Crippen LogP contribution in [0.2, 0.25) is 0 Å². The minimum absolute atomic E-state index is 0.397. The number of amides is 1. The Morgan fingerprint density at radius 2 is 1.87 bits per heavy atom. The van der Waals surface area contributed by atoms with E-state index in [1.807, 2.05) is 0 Å². The molecule has 30 heavy (non-hydrogen) atoms. The molecule has 0 radical (unpaired) electrons. The van der Waals surface area contributed by atoms with Crippen LogP contribution in [0.25, 0.3) is 0 Å². The van der Waals surface area contributed by atoms with E-state index < -0.39 is 34.3 Å². The van der Waals surface area contributed by atoms with Gasteiger partial charge >= 0.3 is 0 Å². The Hall–Kier alpha value is -3.20. The molecule has 0 bridgehead atoms. The van der Waals surface area contributed by atoms with Crippen LogP contribution in [0.3, 0.4) is 0 Å². The molecule has 0 saturated heterocycles. The summed E-state index contributed by atoms with van der Waals surface area (Å²) in [4.78, 5) is 17.2. The van der Waals surface area contributed by atoms with Gasteiger partial charge in [-0.25, -0.2) is 17.8 Å². The van der Waals surface area contributed by atoms with Crippen LogP contribution in [-0.4, -0.2) is 36.7 Å². The molecule has 1 heterocycles. The van der Waals surface area contributed by atoms with Crippen LogP contribution in [0.4, 0.5) is 10.1 Å². The third-order valence-electron chi connectivity index (χ3n) is 4.70. The molecule has 1 amide bonds. The number of nitrogens with one attached hydrogen (secondary N) is 1. The molecule has 3 rings (SSSR count). The summed E-state index contributed by atoms with van der Waals surface area (Å²) in [5.74, 6) is -0.371. The fourth-order valence-electron chi connectivity index (χ4n) is 3.17. The Balaban J connectivity index is 1.91. The van der Waals surface area contributed by atoms with E-state index in [4.69, 9.17) is 0 Å². The van der Waals surface area contributed by atoms with Crippen molar-refractivity contribution in [2.75, 3.05) is 17.1 Å². The number of rotatable bonds is 7. The summed E-state index contributed by atoms with van der Waals surface area (Å²) >= 11 is 0. The second-order valence-corrected chi connectivity index (χ2v) is 8.91. The Kier molecular flexibility index (Phi) is 6.21. The second kappa shape index (κ2) is 8.66. The molecular weight excluding hydrogens is 407 g/mol. The summed E-state index contributed by atoms with van der Waals surface area (Å²) in [7, 11) is -1.92. The number of aromatic nitrogens is 2. The van der Waals surface area contributed by atoms with E-state index in [1.54, 1.807) is 67.3 Å². The van der Waals surface area contributed by atoms with Gasteiger partial charge in [0.05, 0.1) is 11.9 Å². The minimum Gasteiger partial charge on any atom is -0.341 e. The van der Waals surface area contributed by atoms with Gasteiger partial charge in [-0.2, -0.15) is 0 Å². The zero-order valence-corrected chi connectivity index (χ0v) is 17.7. The lowest BCUT2D eigenvalue weighted by Crippen LogP contribution is -2.42. The number of carbonyl (C=O) groups excluding carboxylic acids is 1. The summed E-state index contributed by atoms with van der Waals surface area (Å²) < 4.78 is 41.0. The predicted octanol–water partition coefficient (Wildman–Crippen LogP) is 2.54. The molecule has 1 unspecified atom stereocenters. The normalized spacial score (nSPS) is 12.4. The van der Waals surface area contributed by atoms with Crippen molar-refractivity contribution in [3.05, 3.63) is 83.7 Å². The van der Waals surface area contributed by atoms with Crippen molar-refractivity contribution in [2.45, 2.75) is 13.0 Å². The van der Waals surface area contributed by atoms with Crippen molar-refractivity contribution in [3.8, 4) is 0 Å². The van der Waals surface area contributed by atoms with E-state index in [2.05, 4.69) is 10.3 Å². The number of aryl methyl sites for hydroxylation is 2. The first-order chi connectivity index (χ1) is 14.2. The molecule has 2 aromatic carbocycles. The topological polar surface area (TPSA) is 84.3 Å². The lowest BCUT2D eigenvalue weighted by molar-refractivity contribution is -0.120. The van der Waals surface area contributed by atoms with Crippen LogP contribution >= 0.6 is 0 Å². The second-order valence-electron chi connectivity index (χ2n) is 7.00. The van der Waals surface area contributed by atoms with E-state index in [0.29, 0.717) is 17.1 Å². The van der Waals surface area contributed by atoms with Crippen molar-refractivity contribution in [3.63, 3.8) is 0 Å². The van der Waals surface area contributed by atoms with Crippen molar-refractivity contribution in [1.29, 1.82) is 0 Å². The average Bonchev–Trinajstić information content (AvgIpc) is 3.10. The van der Waals surface area contributed by atoms with Gasteiger partial charge in [0.2, 0.25) is 15.9 Å². The first-order valence-corrected chi connectivity index (χ1v) is 11.1. The molecule has 158 valence electrons. The first kappa shape index (κ1) is 21.5. The van der Waals surface area contributed by atoms with E-state index in [0.717, 1.165) is 16.1 Å². The van der Waals surface area contributed by atoms with Crippen molar-refractivity contribution in [1.82, 2.24) is 14.9 Å². The Morgan fingerprint density at radius 3 is 2.43 bits per heavy atom. The van der Waals surface area contributed by atoms with Gasteiger partial charge in [-0.1, -0.05) is 30.3 Å². The number of anilines is 1. The largest absolute Gasteiger partial charge is 0.341 e. The zero-order valence-electron chi connectivity index (χ0n) is 16.9. The molecule has 0 fully saturated rings. The number of nitrogens with zero attached hydrogens (tertiary/aromatic N) is 3. The standard InChI is InChI=1S/C21H23FN4O3S/c1-15-6-4-5-7-18(15)26(30(3,28)29)14-19(27)24-20(21-23-12-13-25(21)2)16-8-10-17(22)11-9-16/h4-13,20H,14H2,1-3H3,(H,24,27). The van der Waals surface area contributed by atoms with Crippen molar-refractivity contribution >= 4 is 21.6 Å². The molecule has 1 aromatic heterocycles. The highest BCUT2D eigenvalue weighted by Crippen LogP contribution is 2.23. The van der Waals surface area contributed by atoms with Gasteiger partial charge < -0.3 is 9.88 Å². The molecule has 0 aliphatic heterocycles. The monoisotopic (exact) mass is 430 g/mol. The molecule has 0 aliphatic carbocycles. The molecule has 0 spiro atoms. The van der Waals surface area contributed by atoms with E-state index in [1.165, 1.54) is 12.1 Å². The maximum atomic E-state index is 13.4. The van der Waals surface area contributed by atoms with Gasteiger partial charge in [0.25, 0.3) is 0 Å². The number of halogens is 1. The number of carbonyl (C=O) groups is 1. The van der Waals surface area contributed by atoms with Crippen molar-refractivity contribution < 1.29 is 17.6 Å². The van der Waals surface area contributed by atoms with E-state index >= 15 is 0 Å². The summed E-state index contributed by atoms with van der Waals surface area (Å²) in [6, 6.07) is 12.0. The lowest BCUT2D eigenvalue weighted by atomic mass is 10.1. The molecule has 3 aromatic rings. The Labute approximate surface area is 175 Å². The van der Waals surface area contributed by atoms with Crippen molar-refractivity contribution in [2.24, 2.45) is 7.05 Å². The maximum absolute atomic E-state index is 13.4. The predicted molar refractivity (Wildman–Crippen MR) is 113 cm³/mol. The van der Waals surface area contributed by atoms with Crippen LogP contribution < -0.4 is 9.62 Å². The molecule has 0 saturated carbocycles. The fourth-order valence-corrected chi connectivity index (χ4v) is 4.08. The molecular formula is C21H23FN4O3S. The quantitative estimate of drug-likeness (QED) is 0.624.